The van der Waals surface area contributed by atoms with Crippen molar-refractivity contribution in [3.05, 3.63) is 66.9 Å². The van der Waals surface area contributed by atoms with Gasteiger partial charge >= 0.3 is 0 Å². The van der Waals surface area contributed by atoms with Crippen LogP contribution in [0.3, 0.4) is 0 Å². The first kappa shape index (κ1) is 11.4. The molecule has 3 aromatic rings. The Balaban J connectivity index is 2.17. The molecule has 0 aliphatic carbocycles. The van der Waals surface area contributed by atoms with Gasteiger partial charge in [0.25, 0.3) is 0 Å². The lowest BCUT2D eigenvalue weighted by molar-refractivity contribution is 0.477. The molecule has 0 unspecified atom stereocenters. The summed E-state index contributed by atoms with van der Waals surface area (Å²) in [4.78, 5) is 0. The molecular formula is C16H14N2O. The fourth-order valence-corrected chi connectivity index (χ4v) is 2.21. The molecule has 0 saturated heterocycles. The number of hydrogen-bond donors (Lipinski definition) is 2. The van der Waals surface area contributed by atoms with Crippen molar-refractivity contribution in [2.45, 2.75) is 0 Å². The predicted molar refractivity (Wildman–Crippen MR) is 77.3 cm³/mol. The number of nitrogen functional groups attached to an aromatic ring is 1. The molecule has 0 bridgehead atoms. The van der Waals surface area contributed by atoms with Gasteiger partial charge in [-0.25, -0.2) is 0 Å². The van der Waals surface area contributed by atoms with E-state index in [1.807, 2.05) is 60.7 Å². The summed E-state index contributed by atoms with van der Waals surface area (Å²) in [7, 11) is 0. The molecule has 1 heterocycles. The summed E-state index contributed by atoms with van der Waals surface area (Å²) in [5, 5.41) is 10.1. The predicted octanol–water partition coefficient (Wildman–Crippen LogP) is 3.43. The average Bonchev–Trinajstić information content (AvgIpc) is 2.76. The molecule has 3 nitrogen and oxygen atoms in total. The normalized spacial score (nSPS) is 10.5. The quantitative estimate of drug-likeness (QED) is 0.732. The summed E-state index contributed by atoms with van der Waals surface area (Å²) in [6.07, 6.45) is 1.65. The Bertz CT molecular complexity index is 688. The summed E-state index contributed by atoms with van der Waals surface area (Å²) < 4.78 is 1.79. The van der Waals surface area contributed by atoms with Crippen molar-refractivity contribution < 1.29 is 5.11 Å². The molecule has 3 N–H and O–H groups in total. The minimum absolute atomic E-state index is 0.188. The van der Waals surface area contributed by atoms with Crippen molar-refractivity contribution in [3.8, 4) is 22.6 Å². The van der Waals surface area contributed by atoms with Gasteiger partial charge in [0, 0.05) is 5.69 Å². The molecule has 0 aliphatic rings. The average molecular weight is 250 g/mol. The molecule has 0 atom stereocenters. The number of benzene rings is 2. The second-order valence-corrected chi connectivity index (χ2v) is 4.35. The highest BCUT2D eigenvalue weighted by Gasteiger charge is 2.15. The highest BCUT2D eigenvalue weighted by Crippen LogP contribution is 2.37. The zero-order valence-electron chi connectivity index (χ0n) is 10.3. The first-order valence-electron chi connectivity index (χ1n) is 6.08. The molecule has 2 aromatic carbocycles. The third-order valence-corrected chi connectivity index (χ3v) is 3.12. The SMILES string of the molecule is Nc1c(-c2ccccc2)c(O)cn1-c1ccccc1. The minimum atomic E-state index is 0.188. The lowest BCUT2D eigenvalue weighted by Crippen LogP contribution is -1.99. The standard InChI is InChI=1S/C16H14N2O/c17-16-15(12-7-3-1-4-8-12)14(19)11-18(16)13-9-5-2-6-10-13/h1-11,19H,17H2. The van der Waals surface area contributed by atoms with Crippen LogP contribution < -0.4 is 5.73 Å². The maximum absolute atomic E-state index is 10.1. The third-order valence-electron chi connectivity index (χ3n) is 3.12. The second kappa shape index (κ2) is 4.53. The van der Waals surface area contributed by atoms with E-state index in [4.69, 9.17) is 5.73 Å². The van der Waals surface area contributed by atoms with Gasteiger partial charge in [0.05, 0.1) is 11.8 Å². The van der Waals surface area contributed by atoms with Gasteiger partial charge in [-0.1, -0.05) is 48.5 Å². The van der Waals surface area contributed by atoms with Crippen molar-refractivity contribution in [1.29, 1.82) is 0 Å². The number of para-hydroxylation sites is 1. The van der Waals surface area contributed by atoms with E-state index in [0.717, 1.165) is 11.3 Å². The van der Waals surface area contributed by atoms with E-state index in [1.165, 1.54) is 0 Å². The number of nitrogens with two attached hydrogens (primary N) is 1. The molecule has 0 radical (unpaired) electrons. The van der Waals surface area contributed by atoms with E-state index < -0.39 is 0 Å². The van der Waals surface area contributed by atoms with Crippen LogP contribution in [-0.4, -0.2) is 9.67 Å². The van der Waals surface area contributed by atoms with Crippen LogP contribution in [-0.2, 0) is 0 Å². The number of aromatic hydroxyl groups is 1. The van der Waals surface area contributed by atoms with E-state index in [0.29, 0.717) is 11.4 Å². The summed E-state index contributed by atoms with van der Waals surface area (Å²) in [5.41, 5.74) is 8.68. The van der Waals surface area contributed by atoms with Gasteiger partial charge < -0.3 is 10.8 Å². The van der Waals surface area contributed by atoms with Crippen molar-refractivity contribution in [2.24, 2.45) is 0 Å². The van der Waals surface area contributed by atoms with Crippen LogP contribution in [0.15, 0.2) is 66.9 Å². The Morgan fingerprint density at radius 2 is 1.42 bits per heavy atom. The van der Waals surface area contributed by atoms with Crippen molar-refractivity contribution in [2.75, 3.05) is 5.73 Å². The minimum Gasteiger partial charge on any atom is -0.506 e. The molecule has 1 aromatic heterocycles. The fourth-order valence-electron chi connectivity index (χ4n) is 2.21. The van der Waals surface area contributed by atoms with Crippen LogP contribution in [0.25, 0.3) is 16.8 Å². The zero-order chi connectivity index (χ0) is 13.2. The van der Waals surface area contributed by atoms with Crippen LogP contribution in [0.4, 0.5) is 5.82 Å². The molecule has 19 heavy (non-hydrogen) atoms. The zero-order valence-corrected chi connectivity index (χ0v) is 10.3. The largest absolute Gasteiger partial charge is 0.506 e. The number of aromatic nitrogens is 1. The lowest BCUT2D eigenvalue weighted by atomic mass is 10.1. The monoisotopic (exact) mass is 250 g/mol. The van der Waals surface area contributed by atoms with Crippen molar-refractivity contribution >= 4 is 5.82 Å². The van der Waals surface area contributed by atoms with Gasteiger partial charge in [-0.3, -0.25) is 4.57 Å². The number of nitrogens with zero attached hydrogens (tertiary/aromatic N) is 1. The van der Waals surface area contributed by atoms with Gasteiger partial charge in [-0.15, -0.1) is 0 Å². The summed E-state index contributed by atoms with van der Waals surface area (Å²) in [6.45, 7) is 0. The summed E-state index contributed by atoms with van der Waals surface area (Å²) >= 11 is 0. The van der Waals surface area contributed by atoms with E-state index in [9.17, 15) is 5.11 Å². The molecule has 3 rings (SSSR count). The third kappa shape index (κ3) is 1.95. The van der Waals surface area contributed by atoms with Gasteiger partial charge in [0.1, 0.15) is 11.6 Å². The highest BCUT2D eigenvalue weighted by atomic mass is 16.3. The second-order valence-electron chi connectivity index (χ2n) is 4.35. The number of hydrogen-bond acceptors (Lipinski definition) is 2. The van der Waals surface area contributed by atoms with Gasteiger partial charge in [0.15, 0.2) is 0 Å². The van der Waals surface area contributed by atoms with E-state index in [2.05, 4.69) is 0 Å². The smallest absolute Gasteiger partial charge is 0.143 e. The maximum Gasteiger partial charge on any atom is 0.143 e. The topological polar surface area (TPSA) is 51.2 Å². The number of rotatable bonds is 2. The summed E-state index contributed by atoms with van der Waals surface area (Å²) in [5.74, 6) is 0.724. The van der Waals surface area contributed by atoms with E-state index in [-0.39, 0.29) is 5.75 Å². The fraction of sp³-hybridized carbons (Fsp3) is 0. The summed E-state index contributed by atoms with van der Waals surface area (Å²) in [6, 6.07) is 19.4. The molecule has 94 valence electrons. The Hall–Kier alpha value is -2.68. The van der Waals surface area contributed by atoms with Gasteiger partial charge in [0.2, 0.25) is 0 Å². The van der Waals surface area contributed by atoms with E-state index >= 15 is 0 Å². The highest BCUT2D eigenvalue weighted by molar-refractivity contribution is 5.81. The molecular weight excluding hydrogens is 236 g/mol. The van der Waals surface area contributed by atoms with Crippen LogP contribution in [0.5, 0.6) is 5.75 Å². The molecule has 0 saturated carbocycles. The first-order valence-corrected chi connectivity index (χ1v) is 6.08. The Morgan fingerprint density at radius 3 is 2.05 bits per heavy atom. The van der Waals surface area contributed by atoms with E-state index in [1.54, 1.807) is 10.8 Å². The molecule has 0 aliphatic heterocycles. The first-order chi connectivity index (χ1) is 9.27. The van der Waals surface area contributed by atoms with Crippen molar-refractivity contribution in [3.63, 3.8) is 0 Å². The van der Waals surface area contributed by atoms with Crippen molar-refractivity contribution in [1.82, 2.24) is 4.57 Å². The van der Waals surface area contributed by atoms with Crippen LogP contribution >= 0.6 is 0 Å². The molecule has 0 spiro atoms. The number of anilines is 1. The van der Waals surface area contributed by atoms with Crippen LogP contribution in [0.2, 0.25) is 0 Å². The Labute approximate surface area is 111 Å². The molecule has 3 heteroatoms. The van der Waals surface area contributed by atoms with Gasteiger partial charge in [-0.05, 0) is 17.7 Å². The maximum atomic E-state index is 10.1. The molecule has 0 amide bonds. The Kier molecular flexibility index (Phi) is 2.72. The molecule has 0 fully saturated rings. The van der Waals surface area contributed by atoms with Gasteiger partial charge in [-0.2, -0.15) is 0 Å². The lowest BCUT2D eigenvalue weighted by Gasteiger charge is -2.06. The van der Waals surface area contributed by atoms with Crippen LogP contribution in [0.1, 0.15) is 0 Å². The van der Waals surface area contributed by atoms with Crippen LogP contribution in [0, 0.1) is 0 Å². The Morgan fingerprint density at radius 1 is 0.842 bits per heavy atom.